The lowest BCUT2D eigenvalue weighted by Gasteiger charge is -2.41. The van der Waals surface area contributed by atoms with E-state index in [9.17, 15) is 15.3 Å². The van der Waals surface area contributed by atoms with Gasteiger partial charge < -0.3 is 25.2 Å². The van der Waals surface area contributed by atoms with E-state index in [1.165, 1.54) is 0 Å². The van der Waals surface area contributed by atoms with E-state index in [1.54, 1.807) is 0 Å². The lowest BCUT2D eigenvalue weighted by Crippen LogP contribution is -2.56. The third-order valence-electron chi connectivity index (χ3n) is 2.72. The Morgan fingerprint density at radius 2 is 1.71 bits per heavy atom. The molecule has 84 valence electrons. The molecule has 5 heteroatoms. The molecule has 0 amide bonds. The summed E-state index contributed by atoms with van der Waals surface area (Å²) in [7, 11) is 0. The van der Waals surface area contributed by atoms with Gasteiger partial charge in [0.1, 0.15) is 12.2 Å². The van der Waals surface area contributed by atoms with Crippen LogP contribution in [-0.2, 0) is 4.74 Å². The predicted octanol–water partition coefficient (Wildman–Crippen LogP) is -1.31. The van der Waals surface area contributed by atoms with Crippen LogP contribution in [0.15, 0.2) is 0 Å². The number of hydrogen-bond acceptors (Lipinski definition) is 5. The van der Waals surface area contributed by atoms with Crippen molar-refractivity contribution in [3.05, 3.63) is 0 Å². The quantitative estimate of drug-likeness (QED) is 0.450. The zero-order valence-corrected chi connectivity index (χ0v) is 8.37. The fraction of sp³-hybridized carbons (Fsp3) is 1.00. The third-order valence-corrected chi connectivity index (χ3v) is 2.72. The van der Waals surface area contributed by atoms with Gasteiger partial charge in [0.05, 0.1) is 12.7 Å². The summed E-state index contributed by atoms with van der Waals surface area (Å²) in [5.74, 6) is -0.526. The van der Waals surface area contributed by atoms with Crippen LogP contribution in [0.4, 0.5) is 0 Å². The normalized spacial score (nSPS) is 44.4. The Morgan fingerprint density at radius 3 is 2.14 bits per heavy atom. The molecule has 1 saturated heterocycles. The Hall–Kier alpha value is -0.200. The van der Waals surface area contributed by atoms with Gasteiger partial charge in [0, 0.05) is 5.92 Å². The lowest BCUT2D eigenvalue weighted by atomic mass is 9.83. The van der Waals surface area contributed by atoms with Crippen molar-refractivity contribution in [3.63, 3.8) is 0 Å². The van der Waals surface area contributed by atoms with E-state index in [2.05, 4.69) is 0 Å². The van der Waals surface area contributed by atoms with Crippen molar-refractivity contribution < 1.29 is 25.2 Å². The van der Waals surface area contributed by atoms with E-state index < -0.39 is 37.1 Å². The van der Waals surface area contributed by atoms with Gasteiger partial charge in [-0.3, -0.25) is 0 Å². The van der Waals surface area contributed by atoms with Crippen LogP contribution in [0.2, 0.25) is 0 Å². The van der Waals surface area contributed by atoms with E-state index in [0.29, 0.717) is 0 Å². The lowest BCUT2D eigenvalue weighted by molar-refractivity contribution is -0.277. The van der Waals surface area contributed by atoms with Crippen LogP contribution in [0.5, 0.6) is 0 Å². The summed E-state index contributed by atoms with van der Waals surface area (Å²) in [6.07, 6.45) is -4.24. The Bertz CT molecular complexity index is 184. The highest BCUT2D eigenvalue weighted by molar-refractivity contribution is 4.89. The molecule has 0 bridgehead atoms. The van der Waals surface area contributed by atoms with Crippen LogP contribution in [-0.4, -0.2) is 51.6 Å². The van der Waals surface area contributed by atoms with Crippen LogP contribution in [0, 0.1) is 11.8 Å². The van der Waals surface area contributed by atoms with E-state index in [0.717, 1.165) is 0 Å². The van der Waals surface area contributed by atoms with Crippen molar-refractivity contribution in [2.24, 2.45) is 11.8 Å². The number of hydrogen-bond donors (Lipinski definition) is 4. The number of rotatable bonds is 2. The van der Waals surface area contributed by atoms with Gasteiger partial charge in [-0.15, -0.1) is 0 Å². The van der Waals surface area contributed by atoms with Crippen molar-refractivity contribution >= 4 is 0 Å². The van der Waals surface area contributed by atoms with E-state index in [-0.39, 0.29) is 5.92 Å². The van der Waals surface area contributed by atoms with Crippen molar-refractivity contribution in [3.8, 4) is 0 Å². The fourth-order valence-corrected chi connectivity index (χ4v) is 1.84. The van der Waals surface area contributed by atoms with Gasteiger partial charge in [-0.2, -0.15) is 0 Å². The molecule has 1 rings (SSSR count). The minimum Gasteiger partial charge on any atom is -0.394 e. The highest BCUT2D eigenvalue weighted by Gasteiger charge is 2.44. The summed E-state index contributed by atoms with van der Waals surface area (Å²) < 4.78 is 4.99. The molecule has 1 heterocycles. The molecule has 0 aromatic heterocycles. The smallest absolute Gasteiger partial charge is 0.160 e. The molecule has 0 aromatic rings. The van der Waals surface area contributed by atoms with Crippen LogP contribution < -0.4 is 0 Å². The van der Waals surface area contributed by atoms with Crippen molar-refractivity contribution in [2.45, 2.75) is 38.4 Å². The van der Waals surface area contributed by atoms with E-state index in [4.69, 9.17) is 9.84 Å². The first-order valence-corrected chi connectivity index (χ1v) is 4.79. The van der Waals surface area contributed by atoms with Gasteiger partial charge in [0.2, 0.25) is 0 Å². The number of ether oxygens (including phenoxy) is 1. The Kier molecular flexibility index (Phi) is 3.86. The first-order chi connectivity index (χ1) is 6.49. The molecule has 1 aliphatic heterocycles. The summed E-state index contributed by atoms with van der Waals surface area (Å²) in [5.41, 5.74) is 0. The molecule has 1 aliphatic rings. The molecular weight excluding hydrogens is 188 g/mol. The second-order valence-electron chi connectivity index (χ2n) is 4.05. The Balaban J connectivity index is 2.74. The molecular formula is C9H18O5. The molecule has 0 aromatic carbocycles. The summed E-state index contributed by atoms with van der Waals surface area (Å²) in [5, 5.41) is 37.5. The van der Waals surface area contributed by atoms with Gasteiger partial charge >= 0.3 is 0 Å². The molecule has 0 spiro atoms. The van der Waals surface area contributed by atoms with Gasteiger partial charge in [-0.25, -0.2) is 0 Å². The summed E-state index contributed by atoms with van der Waals surface area (Å²) >= 11 is 0. The first-order valence-electron chi connectivity index (χ1n) is 4.79. The fourth-order valence-electron chi connectivity index (χ4n) is 1.84. The molecule has 14 heavy (non-hydrogen) atoms. The largest absolute Gasteiger partial charge is 0.394 e. The van der Waals surface area contributed by atoms with Gasteiger partial charge in [-0.1, -0.05) is 13.8 Å². The SMILES string of the molecule is CC(C)[C@H]1C(O)O[C@H](CO)[C@@H](O)[C@@H]1O. The second kappa shape index (κ2) is 4.55. The maximum atomic E-state index is 9.68. The van der Waals surface area contributed by atoms with Crippen molar-refractivity contribution in [1.82, 2.24) is 0 Å². The average molecular weight is 206 g/mol. The van der Waals surface area contributed by atoms with Crippen molar-refractivity contribution in [2.75, 3.05) is 6.61 Å². The monoisotopic (exact) mass is 206 g/mol. The number of aliphatic hydroxyl groups is 4. The van der Waals surface area contributed by atoms with Gasteiger partial charge in [0.15, 0.2) is 6.29 Å². The van der Waals surface area contributed by atoms with Crippen molar-refractivity contribution in [1.29, 1.82) is 0 Å². The summed E-state index contributed by atoms with van der Waals surface area (Å²) in [4.78, 5) is 0. The zero-order chi connectivity index (χ0) is 10.9. The highest BCUT2D eigenvalue weighted by atomic mass is 16.6. The van der Waals surface area contributed by atoms with Crippen LogP contribution >= 0.6 is 0 Å². The predicted molar refractivity (Wildman–Crippen MR) is 48.3 cm³/mol. The Morgan fingerprint density at radius 1 is 1.14 bits per heavy atom. The van der Waals surface area contributed by atoms with Gasteiger partial charge in [0.25, 0.3) is 0 Å². The maximum absolute atomic E-state index is 9.68. The van der Waals surface area contributed by atoms with E-state index in [1.807, 2.05) is 13.8 Å². The third kappa shape index (κ3) is 2.07. The molecule has 5 nitrogen and oxygen atoms in total. The molecule has 0 saturated carbocycles. The minimum atomic E-state index is -1.14. The van der Waals surface area contributed by atoms with Crippen LogP contribution in [0.1, 0.15) is 13.8 Å². The molecule has 5 atom stereocenters. The molecule has 1 fully saturated rings. The second-order valence-corrected chi connectivity index (χ2v) is 4.05. The van der Waals surface area contributed by atoms with Gasteiger partial charge in [-0.05, 0) is 5.92 Å². The Labute approximate surface area is 82.9 Å². The molecule has 4 N–H and O–H groups in total. The summed E-state index contributed by atoms with van der Waals surface area (Å²) in [6.45, 7) is 3.24. The standard InChI is InChI=1S/C9H18O5/c1-4(2)6-8(12)7(11)5(3-10)14-9(6)13/h4-13H,3H2,1-2H3/t5-,6-,7-,8-,9?/m1/s1. The van der Waals surface area contributed by atoms with E-state index >= 15 is 0 Å². The van der Waals surface area contributed by atoms with Crippen LogP contribution in [0.3, 0.4) is 0 Å². The zero-order valence-electron chi connectivity index (χ0n) is 8.37. The topological polar surface area (TPSA) is 90.2 Å². The van der Waals surface area contributed by atoms with Crippen LogP contribution in [0.25, 0.3) is 0 Å². The maximum Gasteiger partial charge on any atom is 0.160 e. The number of aliphatic hydroxyl groups excluding tert-OH is 4. The highest BCUT2D eigenvalue weighted by Crippen LogP contribution is 2.30. The average Bonchev–Trinajstić information content (AvgIpc) is 2.10. The first kappa shape index (κ1) is 11.9. The minimum absolute atomic E-state index is 0.00528. The molecule has 0 radical (unpaired) electrons. The summed E-state index contributed by atoms with van der Waals surface area (Å²) in [6, 6.07) is 0. The molecule has 0 aliphatic carbocycles. The molecule has 1 unspecified atom stereocenters.